The molecule has 262 valence electrons. The van der Waals surface area contributed by atoms with Crippen molar-refractivity contribution in [2.45, 2.75) is 181 Å². The molecule has 0 aliphatic carbocycles. The van der Waals surface area contributed by atoms with Gasteiger partial charge in [0, 0.05) is 19.5 Å². The van der Waals surface area contributed by atoms with E-state index in [1.54, 1.807) is 0 Å². The maximum Gasteiger partial charge on any atom is 0.222 e. The van der Waals surface area contributed by atoms with E-state index in [0.29, 0.717) is 12.3 Å². The first-order valence-electron chi connectivity index (χ1n) is 19.6. The van der Waals surface area contributed by atoms with Crippen LogP contribution in [0.15, 0.2) is 48.6 Å². The van der Waals surface area contributed by atoms with Gasteiger partial charge in [0.1, 0.15) is 0 Å². The van der Waals surface area contributed by atoms with E-state index < -0.39 is 0 Å². The molecule has 0 N–H and O–H groups in total. The molecule has 0 radical (unpaired) electrons. The zero-order valence-corrected chi connectivity index (χ0v) is 30.9. The van der Waals surface area contributed by atoms with Crippen molar-refractivity contribution in [3.8, 4) is 0 Å². The fraction of sp³-hybridized carbons (Fsp3) is 0.786. The van der Waals surface area contributed by atoms with E-state index in [4.69, 9.17) is 0 Å². The third-order valence-corrected chi connectivity index (χ3v) is 8.61. The largest absolute Gasteiger partial charge is 0.343 e. The van der Waals surface area contributed by atoms with Crippen LogP contribution in [0.25, 0.3) is 0 Å². The number of carbonyl (C=O) groups is 1. The van der Waals surface area contributed by atoms with Crippen molar-refractivity contribution >= 4 is 5.91 Å². The van der Waals surface area contributed by atoms with E-state index in [-0.39, 0.29) is 0 Å². The topological polar surface area (TPSA) is 23.6 Å². The lowest BCUT2D eigenvalue weighted by molar-refractivity contribution is -0.131. The molecule has 0 heterocycles. The SMILES string of the molecule is CCCCCC/C=C\C/C=C\CCCCCCCN(CCCCCCC/C=C\C/C=C\CCCCCC)C(=O)CCCN(C)C. The van der Waals surface area contributed by atoms with E-state index in [0.717, 1.165) is 51.7 Å². The Morgan fingerprint density at radius 3 is 1.16 bits per heavy atom. The highest BCUT2D eigenvalue weighted by Crippen LogP contribution is 2.12. The number of hydrogen-bond donors (Lipinski definition) is 0. The van der Waals surface area contributed by atoms with Gasteiger partial charge in [-0.1, -0.05) is 140 Å². The second-order valence-corrected chi connectivity index (χ2v) is 13.5. The van der Waals surface area contributed by atoms with Crippen LogP contribution in [0.1, 0.15) is 181 Å². The molecule has 0 bridgehead atoms. The molecule has 0 saturated heterocycles. The maximum absolute atomic E-state index is 13.0. The molecular formula is C42H78N2O. The Morgan fingerprint density at radius 2 is 0.778 bits per heavy atom. The highest BCUT2D eigenvalue weighted by molar-refractivity contribution is 5.76. The number of rotatable bonds is 34. The van der Waals surface area contributed by atoms with Crippen LogP contribution in [0.4, 0.5) is 0 Å². The van der Waals surface area contributed by atoms with Gasteiger partial charge in [0.15, 0.2) is 0 Å². The molecule has 0 aromatic rings. The normalized spacial score (nSPS) is 12.3. The molecule has 0 fully saturated rings. The second kappa shape index (κ2) is 36.9. The summed E-state index contributed by atoms with van der Waals surface area (Å²) < 4.78 is 0. The summed E-state index contributed by atoms with van der Waals surface area (Å²) in [6.07, 6.45) is 50.8. The minimum Gasteiger partial charge on any atom is -0.343 e. The Bertz CT molecular complexity index is 672. The van der Waals surface area contributed by atoms with Crippen LogP contribution in [0.2, 0.25) is 0 Å². The molecule has 0 aliphatic heterocycles. The van der Waals surface area contributed by atoms with E-state index in [9.17, 15) is 4.79 Å². The van der Waals surface area contributed by atoms with E-state index in [2.05, 4.69) is 86.4 Å². The standard InChI is InChI=1S/C42H78N2O/c1-5-7-9-11-13-15-17-19-21-23-25-27-29-31-33-35-40-44(42(45)38-37-39-43(3)4)41-36-34-32-30-28-26-24-22-20-18-16-14-12-10-8-6-2/h15-18,21-24H,5-14,19-20,25-41H2,1-4H3/b17-15-,18-16-,23-21-,24-22-. The first-order chi connectivity index (χ1) is 22.1. The van der Waals surface area contributed by atoms with Crippen LogP contribution < -0.4 is 0 Å². The summed E-state index contributed by atoms with van der Waals surface area (Å²) in [7, 11) is 4.18. The molecule has 0 aliphatic rings. The van der Waals surface area contributed by atoms with Crippen molar-refractivity contribution in [2.24, 2.45) is 0 Å². The molecular weight excluding hydrogens is 548 g/mol. The van der Waals surface area contributed by atoms with E-state index in [1.807, 2.05) is 0 Å². The Morgan fingerprint density at radius 1 is 0.422 bits per heavy atom. The van der Waals surface area contributed by atoms with Gasteiger partial charge < -0.3 is 9.80 Å². The number of allylic oxidation sites excluding steroid dienone is 8. The summed E-state index contributed by atoms with van der Waals surface area (Å²) in [5, 5.41) is 0. The molecule has 0 aromatic heterocycles. The fourth-order valence-electron chi connectivity index (χ4n) is 5.65. The molecule has 3 nitrogen and oxygen atoms in total. The highest BCUT2D eigenvalue weighted by atomic mass is 16.2. The summed E-state index contributed by atoms with van der Waals surface area (Å²) >= 11 is 0. The number of amides is 1. The van der Waals surface area contributed by atoms with Crippen LogP contribution in [0.5, 0.6) is 0 Å². The lowest BCUT2D eigenvalue weighted by atomic mass is 10.1. The lowest BCUT2D eigenvalue weighted by Gasteiger charge is -2.23. The Balaban J connectivity index is 4.00. The van der Waals surface area contributed by atoms with Crippen LogP contribution in [-0.2, 0) is 4.79 Å². The van der Waals surface area contributed by atoms with Gasteiger partial charge >= 0.3 is 0 Å². The Labute approximate surface area is 283 Å². The Hall–Kier alpha value is -1.61. The first-order valence-corrected chi connectivity index (χ1v) is 19.6. The first kappa shape index (κ1) is 43.4. The molecule has 0 unspecified atom stereocenters. The summed E-state index contributed by atoms with van der Waals surface area (Å²) in [5.41, 5.74) is 0. The van der Waals surface area contributed by atoms with Gasteiger partial charge in [-0.15, -0.1) is 0 Å². The summed E-state index contributed by atoms with van der Waals surface area (Å²) in [4.78, 5) is 17.4. The summed E-state index contributed by atoms with van der Waals surface area (Å²) in [6, 6.07) is 0. The zero-order chi connectivity index (χ0) is 32.9. The number of nitrogens with zero attached hydrogens (tertiary/aromatic N) is 2. The number of hydrogen-bond acceptors (Lipinski definition) is 2. The molecule has 45 heavy (non-hydrogen) atoms. The molecule has 0 atom stereocenters. The van der Waals surface area contributed by atoms with Gasteiger partial charge in [-0.05, 0) is 104 Å². The third-order valence-electron chi connectivity index (χ3n) is 8.61. The smallest absolute Gasteiger partial charge is 0.222 e. The van der Waals surface area contributed by atoms with Gasteiger partial charge in [0.25, 0.3) is 0 Å². The van der Waals surface area contributed by atoms with Crippen LogP contribution >= 0.6 is 0 Å². The van der Waals surface area contributed by atoms with Crippen molar-refractivity contribution in [2.75, 3.05) is 33.7 Å². The quantitative estimate of drug-likeness (QED) is 0.0524. The molecule has 0 saturated carbocycles. The van der Waals surface area contributed by atoms with Gasteiger partial charge in [-0.3, -0.25) is 4.79 Å². The minimum atomic E-state index is 0.372. The Kier molecular flexibility index (Phi) is 35.5. The van der Waals surface area contributed by atoms with Crippen LogP contribution in [0, 0.1) is 0 Å². The van der Waals surface area contributed by atoms with Gasteiger partial charge in [0.2, 0.25) is 5.91 Å². The molecule has 3 heteroatoms. The molecule has 1 amide bonds. The van der Waals surface area contributed by atoms with Crippen molar-refractivity contribution in [3.05, 3.63) is 48.6 Å². The second-order valence-electron chi connectivity index (χ2n) is 13.5. The van der Waals surface area contributed by atoms with Crippen molar-refractivity contribution in [1.29, 1.82) is 0 Å². The fourth-order valence-corrected chi connectivity index (χ4v) is 5.65. The summed E-state index contributed by atoms with van der Waals surface area (Å²) in [6.45, 7) is 7.43. The van der Waals surface area contributed by atoms with Crippen molar-refractivity contribution in [1.82, 2.24) is 9.80 Å². The van der Waals surface area contributed by atoms with Crippen LogP contribution in [-0.4, -0.2) is 49.4 Å². The van der Waals surface area contributed by atoms with E-state index >= 15 is 0 Å². The number of unbranched alkanes of at least 4 members (excludes halogenated alkanes) is 18. The van der Waals surface area contributed by atoms with Gasteiger partial charge in [-0.2, -0.15) is 0 Å². The monoisotopic (exact) mass is 627 g/mol. The van der Waals surface area contributed by atoms with Gasteiger partial charge in [-0.25, -0.2) is 0 Å². The predicted molar refractivity (Wildman–Crippen MR) is 203 cm³/mol. The molecule has 0 spiro atoms. The van der Waals surface area contributed by atoms with E-state index in [1.165, 1.54) is 128 Å². The average molecular weight is 627 g/mol. The average Bonchev–Trinajstić information content (AvgIpc) is 3.03. The van der Waals surface area contributed by atoms with Crippen molar-refractivity contribution in [3.63, 3.8) is 0 Å². The lowest BCUT2D eigenvalue weighted by Crippen LogP contribution is -2.33. The highest BCUT2D eigenvalue weighted by Gasteiger charge is 2.12. The van der Waals surface area contributed by atoms with Crippen molar-refractivity contribution < 1.29 is 4.79 Å². The maximum atomic E-state index is 13.0. The summed E-state index contributed by atoms with van der Waals surface area (Å²) in [5.74, 6) is 0.372. The molecule has 0 aromatic carbocycles. The minimum absolute atomic E-state index is 0.372. The predicted octanol–water partition coefficient (Wildman–Crippen LogP) is 12.8. The number of carbonyl (C=O) groups excluding carboxylic acids is 1. The zero-order valence-electron chi connectivity index (χ0n) is 30.9. The van der Waals surface area contributed by atoms with Crippen LogP contribution in [0.3, 0.4) is 0 Å². The molecule has 0 rings (SSSR count). The van der Waals surface area contributed by atoms with Gasteiger partial charge in [0.05, 0.1) is 0 Å². The third kappa shape index (κ3) is 35.1.